The largest absolute Gasteiger partial charge is 0.378 e. The van der Waals surface area contributed by atoms with E-state index in [0.29, 0.717) is 28.9 Å². The number of carbonyl (C=O) groups excluding carboxylic acids is 3. The SMILES string of the molecule is O=C(Cc1ccc(C(=O)c2ccc(CC(=O)c3ccc(N4CCOCC4)cc3)cc2)cc1)C1=CCN=N1. The molecule has 2 aliphatic heterocycles. The molecule has 3 aromatic carbocycles. The van der Waals surface area contributed by atoms with Gasteiger partial charge >= 0.3 is 0 Å². The zero-order valence-electron chi connectivity index (χ0n) is 20.4. The minimum absolute atomic E-state index is 0.0348. The summed E-state index contributed by atoms with van der Waals surface area (Å²) < 4.78 is 5.40. The number of azo groups is 1. The molecule has 0 N–H and O–H groups in total. The molecule has 3 aromatic rings. The van der Waals surface area contributed by atoms with Gasteiger partial charge in [0.2, 0.25) is 0 Å². The maximum Gasteiger partial charge on any atom is 0.193 e. The predicted octanol–water partition coefficient (Wildman–Crippen LogP) is 4.64. The zero-order valence-corrected chi connectivity index (χ0v) is 20.4. The summed E-state index contributed by atoms with van der Waals surface area (Å²) in [6.07, 6.45) is 2.20. The first-order valence-electron chi connectivity index (χ1n) is 12.4. The first-order valence-corrected chi connectivity index (χ1v) is 12.4. The third kappa shape index (κ3) is 5.95. The normalized spacial score (nSPS) is 14.9. The lowest BCUT2D eigenvalue weighted by Crippen LogP contribution is -2.36. The van der Waals surface area contributed by atoms with Gasteiger partial charge in [0.1, 0.15) is 5.70 Å². The molecule has 0 bridgehead atoms. The lowest BCUT2D eigenvalue weighted by molar-refractivity contribution is -0.115. The molecule has 5 rings (SSSR count). The lowest BCUT2D eigenvalue weighted by atomic mass is 9.97. The van der Waals surface area contributed by atoms with E-state index in [2.05, 4.69) is 15.1 Å². The fourth-order valence-corrected chi connectivity index (χ4v) is 4.41. The van der Waals surface area contributed by atoms with Crippen molar-refractivity contribution in [2.45, 2.75) is 12.8 Å². The Bertz CT molecular complexity index is 1350. The number of ketones is 3. The van der Waals surface area contributed by atoms with Crippen molar-refractivity contribution in [1.29, 1.82) is 0 Å². The zero-order chi connectivity index (χ0) is 25.6. The van der Waals surface area contributed by atoms with Crippen LogP contribution in [0.3, 0.4) is 0 Å². The molecule has 1 saturated heterocycles. The Morgan fingerprint density at radius 2 is 1.24 bits per heavy atom. The van der Waals surface area contributed by atoms with Crippen molar-refractivity contribution in [1.82, 2.24) is 0 Å². The number of ether oxygens (including phenoxy) is 1. The number of nitrogens with zero attached hydrogens (tertiary/aromatic N) is 3. The highest BCUT2D eigenvalue weighted by atomic mass is 16.5. The lowest BCUT2D eigenvalue weighted by Gasteiger charge is -2.28. The highest BCUT2D eigenvalue weighted by molar-refractivity contribution is 6.09. The van der Waals surface area contributed by atoms with Gasteiger partial charge in [-0.05, 0) is 41.5 Å². The topological polar surface area (TPSA) is 88.4 Å². The van der Waals surface area contributed by atoms with Crippen LogP contribution in [-0.4, -0.2) is 50.2 Å². The van der Waals surface area contributed by atoms with Crippen molar-refractivity contribution in [3.05, 3.63) is 112 Å². The molecule has 186 valence electrons. The van der Waals surface area contributed by atoms with E-state index in [-0.39, 0.29) is 30.2 Å². The maximum absolute atomic E-state index is 12.9. The molecule has 1 fully saturated rings. The summed E-state index contributed by atoms with van der Waals surface area (Å²) in [4.78, 5) is 40.2. The molecule has 0 amide bonds. The molecule has 7 nitrogen and oxygen atoms in total. The predicted molar refractivity (Wildman–Crippen MR) is 140 cm³/mol. The molecule has 0 spiro atoms. The number of anilines is 1. The third-order valence-corrected chi connectivity index (χ3v) is 6.56. The molecule has 0 saturated carbocycles. The van der Waals surface area contributed by atoms with Crippen molar-refractivity contribution in [3.8, 4) is 0 Å². The molecule has 2 aliphatic rings. The van der Waals surface area contributed by atoms with Gasteiger partial charge in [-0.15, -0.1) is 0 Å². The second-order valence-corrected chi connectivity index (χ2v) is 9.08. The summed E-state index contributed by atoms with van der Waals surface area (Å²) in [5.41, 5.74) is 4.92. The van der Waals surface area contributed by atoms with Crippen LogP contribution in [0.5, 0.6) is 0 Å². The van der Waals surface area contributed by atoms with Crippen molar-refractivity contribution in [2.75, 3.05) is 37.7 Å². The number of hydrogen-bond acceptors (Lipinski definition) is 7. The summed E-state index contributed by atoms with van der Waals surface area (Å²) in [6.45, 7) is 3.60. The van der Waals surface area contributed by atoms with Gasteiger partial charge in [0, 0.05) is 48.3 Å². The average Bonchev–Trinajstić information content (AvgIpc) is 3.50. The summed E-state index contributed by atoms with van der Waals surface area (Å²) in [5.74, 6) is -0.159. The van der Waals surface area contributed by atoms with Crippen molar-refractivity contribution in [3.63, 3.8) is 0 Å². The molecule has 7 heteroatoms. The second kappa shape index (κ2) is 11.2. The fraction of sp³-hybridized carbons (Fsp3) is 0.233. The van der Waals surface area contributed by atoms with Gasteiger partial charge in [-0.1, -0.05) is 48.5 Å². The van der Waals surface area contributed by atoms with E-state index in [1.807, 2.05) is 36.4 Å². The average molecular weight is 494 g/mol. The highest BCUT2D eigenvalue weighted by Crippen LogP contribution is 2.19. The number of Topliss-reactive ketones (excluding diaryl/α,β-unsaturated/α-hetero) is 2. The van der Waals surface area contributed by atoms with Crippen LogP contribution in [0.1, 0.15) is 37.4 Å². The van der Waals surface area contributed by atoms with Crippen LogP contribution in [0.25, 0.3) is 0 Å². The van der Waals surface area contributed by atoms with E-state index >= 15 is 0 Å². The number of morpholine rings is 1. The molecular formula is C30H27N3O4. The van der Waals surface area contributed by atoms with Crippen LogP contribution in [0.2, 0.25) is 0 Å². The molecule has 0 aromatic heterocycles. The minimum Gasteiger partial charge on any atom is -0.378 e. The van der Waals surface area contributed by atoms with E-state index < -0.39 is 0 Å². The summed E-state index contributed by atoms with van der Waals surface area (Å²) in [7, 11) is 0. The van der Waals surface area contributed by atoms with Crippen LogP contribution < -0.4 is 4.90 Å². The highest BCUT2D eigenvalue weighted by Gasteiger charge is 2.15. The second-order valence-electron chi connectivity index (χ2n) is 9.08. The first kappa shape index (κ1) is 24.5. The Morgan fingerprint density at radius 1 is 0.703 bits per heavy atom. The van der Waals surface area contributed by atoms with Crippen LogP contribution in [0, 0.1) is 0 Å². The van der Waals surface area contributed by atoms with Crippen molar-refractivity contribution in [2.24, 2.45) is 10.2 Å². The van der Waals surface area contributed by atoms with E-state index in [0.717, 1.165) is 43.1 Å². The number of carbonyl (C=O) groups is 3. The Labute approximate surface area is 215 Å². The van der Waals surface area contributed by atoms with Gasteiger partial charge in [0.05, 0.1) is 19.8 Å². The van der Waals surface area contributed by atoms with Crippen LogP contribution in [0.15, 0.2) is 94.8 Å². The van der Waals surface area contributed by atoms with Crippen LogP contribution in [-0.2, 0) is 22.4 Å². The smallest absolute Gasteiger partial charge is 0.193 e. The number of allylic oxidation sites excluding steroid dienone is 1. The first-order chi connectivity index (χ1) is 18.1. The maximum atomic E-state index is 12.9. The Morgan fingerprint density at radius 3 is 1.78 bits per heavy atom. The van der Waals surface area contributed by atoms with Gasteiger partial charge in [0.15, 0.2) is 17.3 Å². The molecule has 0 atom stereocenters. The standard InChI is InChI=1S/C30H27N3O4/c34-28(23-9-11-26(12-10-23)33-15-17-37-18-16-33)19-21-1-5-24(6-2-21)30(36)25-7-3-22(4-8-25)20-29(35)27-13-14-31-32-27/h1-13H,14-20H2. The Hall–Kier alpha value is -4.23. The van der Waals surface area contributed by atoms with Gasteiger partial charge in [-0.3, -0.25) is 14.4 Å². The molecule has 0 unspecified atom stereocenters. The van der Waals surface area contributed by atoms with E-state index in [1.54, 1.807) is 42.5 Å². The van der Waals surface area contributed by atoms with Crippen LogP contribution in [0.4, 0.5) is 5.69 Å². The summed E-state index contributed by atoms with van der Waals surface area (Å²) >= 11 is 0. The molecule has 37 heavy (non-hydrogen) atoms. The van der Waals surface area contributed by atoms with Gasteiger partial charge in [-0.25, -0.2) is 0 Å². The third-order valence-electron chi connectivity index (χ3n) is 6.56. The number of hydrogen-bond donors (Lipinski definition) is 0. The quantitative estimate of drug-likeness (QED) is 0.405. The molecule has 0 aliphatic carbocycles. The fourth-order valence-electron chi connectivity index (χ4n) is 4.41. The van der Waals surface area contributed by atoms with Gasteiger partial charge < -0.3 is 9.64 Å². The summed E-state index contributed by atoms with van der Waals surface area (Å²) in [5, 5.41) is 7.63. The van der Waals surface area contributed by atoms with Crippen molar-refractivity contribution >= 4 is 23.0 Å². The Balaban J connectivity index is 1.17. The number of rotatable bonds is 9. The summed E-state index contributed by atoms with van der Waals surface area (Å²) in [6, 6.07) is 21.9. The van der Waals surface area contributed by atoms with Crippen LogP contribution >= 0.6 is 0 Å². The van der Waals surface area contributed by atoms with E-state index in [4.69, 9.17) is 4.74 Å². The van der Waals surface area contributed by atoms with Gasteiger partial charge in [0.25, 0.3) is 0 Å². The minimum atomic E-state index is -0.109. The molecule has 0 radical (unpaired) electrons. The van der Waals surface area contributed by atoms with E-state index in [9.17, 15) is 14.4 Å². The van der Waals surface area contributed by atoms with Gasteiger partial charge in [-0.2, -0.15) is 10.2 Å². The monoisotopic (exact) mass is 493 g/mol. The molecular weight excluding hydrogens is 466 g/mol. The van der Waals surface area contributed by atoms with Crippen molar-refractivity contribution < 1.29 is 19.1 Å². The Kier molecular flexibility index (Phi) is 7.42. The number of benzene rings is 3. The molecule has 2 heterocycles. The van der Waals surface area contributed by atoms with E-state index in [1.165, 1.54) is 0 Å².